The van der Waals surface area contributed by atoms with Crippen molar-refractivity contribution in [3.63, 3.8) is 0 Å². The Hall–Kier alpha value is -1.95. The average molecular weight is 273 g/mol. The minimum absolute atomic E-state index is 0.752. The predicted octanol–water partition coefficient (Wildman–Crippen LogP) is 2.21. The Morgan fingerprint density at radius 3 is 3.05 bits per heavy atom. The second-order valence-electron chi connectivity index (χ2n) is 4.36. The normalized spacial score (nSPS) is 11.2. The first-order valence-electron chi connectivity index (χ1n) is 6.07. The zero-order valence-electron chi connectivity index (χ0n) is 10.6. The number of rotatable bonds is 4. The van der Waals surface area contributed by atoms with Crippen LogP contribution in [0.5, 0.6) is 0 Å². The summed E-state index contributed by atoms with van der Waals surface area (Å²) in [6, 6.07) is 7.76. The van der Waals surface area contributed by atoms with Crippen molar-refractivity contribution in [2.45, 2.75) is 11.6 Å². The molecule has 1 aromatic carbocycles. The number of nitrogens with zero attached hydrogens (tertiary/aromatic N) is 3. The van der Waals surface area contributed by atoms with Crippen molar-refractivity contribution in [2.24, 2.45) is 7.05 Å². The fourth-order valence-electron chi connectivity index (χ4n) is 1.97. The van der Waals surface area contributed by atoms with Gasteiger partial charge in [0, 0.05) is 30.4 Å². The molecule has 0 fully saturated rings. The summed E-state index contributed by atoms with van der Waals surface area (Å²) in [5.41, 5.74) is 9.68. The van der Waals surface area contributed by atoms with Crippen LogP contribution in [0.25, 0.3) is 11.0 Å². The molecule has 3 aromatic rings. The van der Waals surface area contributed by atoms with Gasteiger partial charge in [0.25, 0.3) is 0 Å². The molecule has 6 heteroatoms. The van der Waals surface area contributed by atoms with Crippen LogP contribution in [0, 0.1) is 0 Å². The molecule has 0 amide bonds. The van der Waals surface area contributed by atoms with Gasteiger partial charge in [0.2, 0.25) is 0 Å². The monoisotopic (exact) mass is 273 g/mol. The van der Waals surface area contributed by atoms with Crippen LogP contribution in [-0.4, -0.2) is 25.5 Å². The maximum Gasteiger partial charge on any atom is 0.166 e. The Morgan fingerprint density at radius 2 is 2.26 bits per heavy atom. The summed E-state index contributed by atoms with van der Waals surface area (Å²) in [7, 11) is 1.96. The maximum atomic E-state index is 5.75. The Kier molecular flexibility index (Phi) is 3.16. The number of H-pyrrole nitrogens is 1. The Labute approximate surface area is 115 Å². The van der Waals surface area contributed by atoms with Crippen LogP contribution in [0.4, 0.5) is 5.69 Å². The van der Waals surface area contributed by atoms with Crippen molar-refractivity contribution in [3.05, 3.63) is 36.2 Å². The van der Waals surface area contributed by atoms with Crippen molar-refractivity contribution in [3.8, 4) is 0 Å². The standard InChI is InChI=1S/C13H15N5S/c1-18-10(4-6-15-18)5-7-19-13-16-11-3-2-9(14)8-12(11)17-13/h2-4,6,8H,5,7,14H2,1H3,(H,16,17). The molecule has 19 heavy (non-hydrogen) atoms. The van der Waals surface area contributed by atoms with Crippen molar-refractivity contribution in [2.75, 3.05) is 11.5 Å². The van der Waals surface area contributed by atoms with Crippen LogP contribution in [0.15, 0.2) is 35.6 Å². The fraction of sp³-hybridized carbons (Fsp3) is 0.231. The SMILES string of the molecule is Cn1nccc1CCSc1nc2ccc(N)cc2[nH]1. The van der Waals surface area contributed by atoms with Gasteiger partial charge < -0.3 is 10.7 Å². The van der Waals surface area contributed by atoms with Gasteiger partial charge in [-0.05, 0) is 30.7 Å². The fourth-order valence-corrected chi connectivity index (χ4v) is 2.82. The lowest BCUT2D eigenvalue weighted by Crippen LogP contribution is -1.99. The molecule has 0 aliphatic rings. The summed E-state index contributed by atoms with van der Waals surface area (Å²) in [4.78, 5) is 7.81. The minimum atomic E-state index is 0.752. The lowest BCUT2D eigenvalue weighted by atomic mass is 10.3. The molecule has 0 aliphatic heterocycles. The smallest absolute Gasteiger partial charge is 0.166 e. The molecule has 3 N–H and O–H groups in total. The molecule has 0 spiro atoms. The molecule has 0 radical (unpaired) electrons. The van der Waals surface area contributed by atoms with E-state index in [-0.39, 0.29) is 0 Å². The summed E-state index contributed by atoms with van der Waals surface area (Å²) in [5, 5.41) is 5.09. The van der Waals surface area contributed by atoms with Crippen LogP contribution in [0.1, 0.15) is 5.69 Å². The van der Waals surface area contributed by atoms with Crippen molar-refractivity contribution in [1.29, 1.82) is 0 Å². The van der Waals surface area contributed by atoms with Crippen LogP contribution in [0.3, 0.4) is 0 Å². The maximum absolute atomic E-state index is 5.75. The highest BCUT2D eigenvalue weighted by molar-refractivity contribution is 7.99. The van der Waals surface area contributed by atoms with Crippen molar-refractivity contribution in [1.82, 2.24) is 19.7 Å². The molecule has 0 aliphatic carbocycles. The van der Waals surface area contributed by atoms with Gasteiger partial charge in [-0.2, -0.15) is 5.10 Å². The summed E-state index contributed by atoms with van der Waals surface area (Å²) in [6.07, 6.45) is 2.80. The van der Waals surface area contributed by atoms with Gasteiger partial charge in [-0.15, -0.1) is 0 Å². The Morgan fingerprint density at radius 1 is 1.37 bits per heavy atom. The Balaban J connectivity index is 1.67. The summed E-state index contributed by atoms with van der Waals surface area (Å²) < 4.78 is 1.90. The van der Waals surface area contributed by atoms with E-state index in [0.29, 0.717) is 0 Å². The van der Waals surface area contributed by atoms with E-state index in [9.17, 15) is 0 Å². The molecule has 2 heterocycles. The van der Waals surface area contributed by atoms with E-state index in [1.807, 2.05) is 42.2 Å². The van der Waals surface area contributed by atoms with Gasteiger partial charge >= 0.3 is 0 Å². The van der Waals surface area contributed by atoms with Gasteiger partial charge in [-0.1, -0.05) is 11.8 Å². The van der Waals surface area contributed by atoms with E-state index in [2.05, 4.69) is 15.1 Å². The first kappa shape index (κ1) is 12.1. The first-order chi connectivity index (χ1) is 9.22. The summed E-state index contributed by atoms with van der Waals surface area (Å²) in [6.45, 7) is 0. The summed E-state index contributed by atoms with van der Waals surface area (Å²) >= 11 is 1.71. The number of nitrogens with two attached hydrogens (primary N) is 1. The van der Waals surface area contributed by atoms with E-state index < -0.39 is 0 Å². The second kappa shape index (κ2) is 4.97. The van der Waals surface area contributed by atoms with E-state index in [0.717, 1.165) is 34.1 Å². The third kappa shape index (κ3) is 2.58. The number of hydrogen-bond acceptors (Lipinski definition) is 4. The lowest BCUT2D eigenvalue weighted by molar-refractivity contribution is 0.719. The molecule has 0 atom stereocenters. The number of benzene rings is 1. The lowest BCUT2D eigenvalue weighted by Gasteiger charge is -2.00. The third-order valence-corrected chi connectivity index (χ3v) is 3.88. The van der Waals surface area contributed by atoms with E-state index in [4.69, 9.17) is 5.73 Å². The van der Waals surface area contributed by atoms with Crippen LogP contribution in [0.2, 0.25) is 0 Å². The largest absolute Gasteiger partial charge is 0.399 e. The first-order valence-corrected chi connectivity index (χ1v) is 7.06. The minimum Gasteiger partial charge on any atom is -0.399 e. The molecule has 0 saturated heterocycles. The molecule has 0 unspecified atom stereocenters. The molecule has 98 valence electrons. The van der Waals surface area contributed by atoms with Gasteiger partial charge in [-0.3, -0.25) is 4.68 Å². The Bertz CT molecular complexity index is 700. The molecule has 5 nitrogen and oxygen atoms in total. The number of anilines is 1. The molecule has 0 saturated carbocycles. The van der Waals surface area contributed by atoms with E-state index in [1.165, 1.54) is 5.69 Å². The highest BCUT2D eigenvalue weighted by atomic mass is 32.2. The molecule has 2 aromatic heterocycles. The van der Waals surface area contributed by atoms with E-state index in [1.54, 1.807) is 11.8 Å². The van der Waals surface area contributed by atoms with Crippen LogP contribution in [-0.2, 0) is 13.5 Å². The average Bonchev–Trinajstić information content (AvgIpc) is 2.95. The van der Waals surface area contributed by atoms with Crippen molar-refractivity contribution < 1.29 is 0 Å². The number of aromatic amines is 1. The van der Waals surface area contributed by atoms with Crippen LogP contribution >= 0.6 is 11.8 Å². The number of nitrogens with one attached hydrogen (secondary N) is 1. The number of fused-ring (bicyclic) bond motifs is 1. The number of thioether (sulfide) groups is 1. The molecule has 3 rings (SSSR count). The number of imidazole rings is 1. The number of aryl methyl sites for hydroxylation is 2. The highest BCUT2D eigenvalue weighted by Gasteiger charge is 2.04. The zero-order valence-corrected chi connectivity index (χ0v) is 11.4. The predicted molar refractivity (Wildman–Crippen MR) is 78.1 cm³/mol. The molecular weight excluding hydrogens is 258 g/mol. The molecular formula is C13H15N5S. The number of hydrogen-bond donors (Lipinski definition) is 2. The number of nitrogen functional groups attached to an aromatic ring is 1. The zero-order chi connectivity index (χ0) is 13.2. The third-order valence-electron chi connectivity index (χ3n) is 3.00. The van der Waals surface area contributed by atoms with Gasteiger partial charge in [0.15, 0.2) is 5.16 Å². The second-order valence-corrected chi connectivity index (χ2v) is 5.45. The quantitative estimate of drug-likeness (QED) is 0.564. The summed E-state index contributed by atoms with van der Waals surface area (Å²) in [5.74, 6) is 0.967. The van der Waals surface area contributed by atoms with Gasteiger partial charge in [0.05, 0.1) is 11.0 Å². The van der Waals surface area contributed by atoms with Gasteiger partial charge in [-0.25, -0.2) is 4.98 Å². The topological polar surface area (TPSA) is 72.5 Å². The van der Waals surface area contributed by atoms with Crippen LogP contribution < -0.4 is 5.73 Å². The number of aromatic nitrogens is 4. The molecule has 0 bridgehead atoms. The van der Waals surface area contributed by atoms with Gasteiger partial charge in [0.1, 0.15) is 0 Å². The highest BCUT2D eigenvalue weighted by Crippen LogP contribution is 2.21. The van der Waals surface area contributed by atoms with E-state index >= 15 is 0 Å². The van der Waals surface area contributed by atoms with Crippen molar-refractivity contribution >= 4 is 28.5 Å².